The molecule has 0 spiro atoms. The number of hydrogen-bond donors (Lipinski definition) is 1. The van der Waals surface area contributed by atoms with Crippen LogP contribution in [-0.2, 0) is 17.8 Å². The standard InChI is InChI=1S/C25H35N5O2/c1-2-13-30-24(31)18-22(19-27-30)28-16-10-21(11-17-28)25(32)26-12-6-15-29-14-5-8-20-7-3-4-9-23(20)29/h3-4,7,9,18-19,21H,2,5-6,8,10-17H2,1H3,(H,26,32). The highest BCUT2D eigenvalue weighted by atomic mass is 16.2. The Bertz CT molecular complexity index is 965. The van der Waals surface area contributed by atoms with E-state index in [1.807, 2.05) is 6.92 Å². The number of carbonyl (C=O) groups excluding carboxylic acids is 1. The summed E-state index contributed by atoms with van der Waals surface area (Å²) in [7, 11) is 0. The number of rotatable bonds is 8. The maximum absolute atomic E-state index is 12.7. The number of fused-ring (bicyclic) bond motifs is 1. The van der Waals surface area contributed by atoms with E-state index in [0.717, 1.165) is 70.5 Å². The van der Waals surface area contributed by atoms with E-state index in [-0.39, 0.29) is 17.4 Å². The molecule has 0 radical (unpaired) electrons. The van der Waals surface area contributed by atoms with Crippen molar-refractivity contribution in [2.75, 3.05) is 42.5 Å². The fraction of sp³-hybridized carbons (Fsp3) is 0.560. The number of para-hydroxylation sites is 1. The molecule has 0 bridgehead atoms. The molecule has 1 aromatic carbocycles. The molecule has 2 aliphatic heterocycles. The zero-order chi connectivity index (χ0) is 22.3. The number of nitrogens with one attached hydrogen (secondary N) is 1. The lowest BCUT2D eigenvalue weighted by atomic mass is 9.95. The molecule has 2 aliphatic rings. The second kappa shape index (κ2) is 10.7. The maximum Gasteiger partial charge on any atom is 0.268 e. The van der Waals surface area contributed by atoms with Crippen LogP contribution in [0.1, 0.15) is 44.6 Å². The molecule has 7 nitrogen and oxygen atoms in total. The van der Waals surface area contributed by atoms with Gasteiger partial charge < -0.3 is 15.1 Å². The molecule has 0 atom stereocenters. The molecule has 32 heavy (non-hydrogen) atoms. The van der Waals surface area contributed by atoms with Crippen LogP contribution in [0.4, 0.5) is 11.4 Å². The zero-order valence-electron chi connectivity index (χ0n) is 19.1. The summed E-state index contributed by atoms with van der Waals surface area (Å²) in [6.07, 6.45) is 7.60. The second-order valence-electron chi connectivity index (χ2n) is 8.90. The quantitative estimate of drug-likeness (QED) is 0.643. The number of aromatic nitrogens is 2. The van der Waals surface area contributed by atoms with Crippen LogP contribution in [0.25, 0.3) is 0 Å². The summed E-state index contributed by atoms with van der Waals surface area (Å²) in [4.78, 5) is 29.5. The van der Waals surface area contributed by atoms with Gasteiger partial charge in [0.15, 0.2) is 0 Å². The van der Waals surface area contributed by atoms with Crippen molar-refractivity contribution in [1.29, 1.82) is 0 Å². The third-order valence-electron chi connectivity index (χ3n) is 6.63. The Morgan fingerprint density at radius 3 is 2.75 bits per heavy atom. The van der Waals surface area contributed by atoms with E-state index in [0.29, 0.717) is 6.54 Å². The molecular formula is C25H35N5O2. The zero-order valence-corrected chi connectivity index (χ0v) is 19.1. The molecule has 1 fully saturated rings. The van der Waals surface area contributed by atoms with Gasteiger partial charge in [-0.15, -0.1) is 0 Å². The van der Waals surface area contributed by atoms with Gasteiger partial charge in [0.25, 0.3) is 5.56 Å². The van der Waals surface area contributed by atoms with Crippen LogP contribution < -0.4 is 20.7 Å². The number of aryl methyl sites for hydroxylation is 2. The fourth-order valence-corrected chi connectivity index (χ4v) is 4.85. The van der Waals surface area contributed by atoms with Crippen molar-refractivity contribution in [2.45, 2.75) is 52.0 Å². The van der Waals surface area contributed by atoms with Gasteiger partial charge >= 0.3 is 0 Å². The Hall–Kier alpha value is -2.83. The number of nitrogens with zero attached hydrogens (tertiary/aromatic N) is 4. The highest BCUT2D eigenvalue weighted by molar-refractivity contribution is 5.79. The number of amides is 1. The number of hydrogen-bond acceptors (Lipinski definition) is 5. The minimum Gasteiger partial charge on any atom is -0.371 e. The van der Waals surface area contributed by atoms with Crippen molar-refractivity contribution in [3.63, 3.8) is 0 Å². The van der Waals surface area contributed by atoms with E-state index >= 15 is 0 Å². The average Bonchev–Trinajstić information content (AvgIpc) is 2.83. The molecule has 4 rings (SSSR count). The molecule has 1 aromatic heterocycles. The first-order chi connectivity index (χ1) is 15.7. The average molecular weight is 438 g/mol. The van der Waals surface area contributed by atoms with Crippen LogP contribution in [0.3, 0.4) is 0 Å². The lowest BCUT2D eigenvalue weighted by Gasteiger charge is -2.33. The van der Waals surface area contributed by atoms with Gasteiger partial charge in [0, 0.05) is 56.9 Å². The van der Waals surface area contributed by atoms with Crippen molar-refractivity contribution < 1.29 is 4.79 Å². The molecule has 0 aliphatic carbocycles. The predicted octanol–water partition coefficient (Wildman–Crippen LogP) is 2.83. The molecule has 3 heterocycles. The Balaban J connectivity index is 1.19. The minimum atomic E-state index is -0.0551. The van der Waals surface area contributed by atoms with Crippen molar-refractivity contribution in [2.24, 2.45) is 5.92 Å². The van der Waals surface area contributed by atoms with Gasteiger partial charge in [-0.05, 0) is 50.2 Å². The van der Waals surface area contributed by atoms with E-state index in [1.165, 1.54) is 22.4 Å². The fourth-order valence-electron chi connectivity index (χ4n) is 4.85. The first-order valence-electron chi connectivity index (χ1n) is 12.1. The van der Waals surface area contributed by atoms with Crippen LogP contribution in [0, 0.1) is 5.92 Å². The van der Waals surface area contributed by atoms with Crippen LogP contribution in [0.5, 0.6) is 0 Å². The largest absolute Gasteiger partial charge is 0.371 e. The summed E-state index contributed by atoms with van der Waals surface area (Å²) < 4.78 is 1.51. The summed E-state index contributed by atoms with van der Waals surface area (Å²) in [5.41, 5.74) is 3.60. The molecule has 172 valence electrons. The van der Waals surface area contributed by atoms with Crippen molar-refractivity contribution in [1.82, 2.24) is 15.1 Å². The second-order valence-corrected chi connectivity index (χ2v) is 8.90. The van der Waals surface area contributed by atoms with Gasteiger partial charge in [-0.3, -0.25) is 9.59 Å². The Morgan fingerprint density at radius 2 is 1.97 bits per heavy atom. The molecular weight excluding hydrogens is 402 g/mol. The normalized spacial score (nSPS) is 16.7. The van der Waals surface area contributed by atoms with Gasteiger partial charge in [0.2, 0.25) is 5.91 Å². The first kappa shape index (κ1) is 22.4. The molecule has 7 heteroatoms. The van der Waals surface area contributed by atoms with Crippen LogP contribution >= 0.6 is 0 Å². The number of piperidine rings is 1. The van der Waals surface area contributed by atoms with Gasteiger partial charge in [0.05, 0.1) is 11.9 Å². The van der Waals surface area contributed by atoms with Gasteiger partial charge in [0.1, 0.15) is 0 Å². The summed E-state index contributed by atoms with van der Waals surface area (Å²) in [5.74, 6) is 0.218. The molecule has 0 unspecified atom stereocenters. The van der Waals surface area contributed by atoms with Gasteiger partial charge in [-0.25, -0.2) is 4.68 Å². The summed E-state index contributed by atoms with van der Waals surface area (Å²) in [5, 5.41) is 7.43. The monoisotopic (exact) mass is 437 g/mol. The van der Waals surface area contributed by atoms with Crippen LogP contribution in [-0.4, -0.2) is 48.4 Å². The minimum absolute atomic E-state index is 0.0513. The van der Waals surface area contributed by atoms with Crippen molar-refractivity contribution >= 4 is 17.3 Å². The first-order valence-corrected chi connectivity index (χ1v) is 12.1. The molecule has 2 aromatic rings. The Labute approximate surface area is 190 Å². The summed E-state index contributed by atoms with van der Waals surface area (Å²) in [6, 6.07) is 10.3. The van der Waals surface area contributed by atoms with Crippen LogP contribution in [0.15, 0.2) is 41.3 Å². The molecule has 1 saturated heterocycles. The van der Waals surface area contributed by atoms with Gasteiger partial charge in [-0.1, -0.05) is 25.1 Å². The van der Waals surface area contributed by atoms with E-state index < -0.39 is 0 Å². The Morgan fingerprint density at radius 1 is 1.16 bits per heavy atom. The topological polar surface area (TPSA) is 70.5 Å². The molecule has 1 N–H and O–H groups in total. The Kier molecular flexibility index (Phi) is 7.45. The highest BCUT2D eigenvalue weighted by Gasteiger charge is 2.25. The lowest BCUT2D eigenvalue weighted by molar-refractivity contribution is -0.125. The van der Waals surface area contributed by atoms with Crippen molar-refractivity contribution in [3.8, 4) is 0 Å². The maximum atomic E-state index is 12.7. The highest BCUT2D eigenvalue weighted by Crippen LogP contribution is 2.26. The SMILES string of the molecule is CCCn1ncc(N2CCC(C(=O)NCCCN3CCCc4ccccc43)CC2)cc1=O. The molecule has 0 saturated carbocycles. The smallest absolute Gasteiger partial charge is 0.268 e. The summed E-state index contributed by atoms with van der Waals surface area (Å²) in [6.45, 7) is 7.03. The number of anilines is 2. The third-order valence-corrected chi connectivity index (χ3v) is 6.63. The number of carbonyl (C=O) groups is 1. The number of benzene rings is 1. The van der Waals surface area contributed by atoms with Crippen molar-refractivity contribution in [3.05, 3.63) is 52.4 Å². The summed E-state index contributed by atoms with van der Waals surface area (Å²) >= 11 is 0. The lowest BCUT2D eigenvalue weighted by Crippen LogP contribution is -2.41. The van der Waals surface area contributed by atoms with E-state index in [1.54, 1.807) is 12.3 Å². The van der Waals surface area contributed by atoms with E-state index in [2.05, 4.69) is 44.5 Å². The molecule has 1 amide bonds. The van der Waals surface area contributed by atoms with Gasteiger partial charge in [-0.2, -0.15) is 5.10 Å². The predicted molar refractivity (Wildman–Crippen MR) is 128 cm³/mol. The van der Waals surface area contributed by atoms with E-state index in [4.69, 9.17) is 0 Å². The van der Waals surface area contributed by atoms with Crippen LogP contribution in [0.2, 0.25) is 0 Å². The van der Waals surface area contributed by atoms with E-state index in [9.17, 15) is 9.59 Å². The third kappa shape index (κ3) is 5.31.